The van der Waals surface area contributed by atoms with Crippen LogP contribution in [0.1, 0.15) is 6.42 Å². The van der Waals surface area contributed by atoms with Crippen molar-refractivity contribution < 1.29 is 9.90 Å². The van der Waals surface area contributed by atoms with E-state index >= 15 is 0 Å². The molecule has 11 heavy (non-hydrogen) atoms. The second-order valence-electron chi connectivity index (χ2n) is 2.15. The van der Waals surface area contributed by atoms with E-state index in [1.807, 2.05) is 14.1 Å². The number of aliphatic carboxylic acids is 1. The van der Waals surface area contributed by atoms with E-state index in [-0.39, 0.29) is 6.42 Å². The highest BCUT2D eigenvalue weighted by atomic mass is 32.2. The van der Waals surface area contributed by atoms with Gasteiger partial charge in [-0.2, -0.15) is 0 Å². The lowest BCUT2D eigenvalue weighted by molar-refractivity contribution is -0.136. The molecular weight excluding hydrogens is 182 g/mol. The van der Waals surface area contributed by atoms with E-state index in [1.54, 1.807) is 4.90 Å². The molecule has 0 amide bonds. The van der Waals surface area contributed by atoms with Gasteiger partial charge in [0.15, 0.2) is 0 Å². The number of hydrogen-bond acceptors (Lipinski definition) is 3. The lowest BCUT2D eigenvalue weighted by Gasteiger charge is -2.11. The van der Waals surface area contributed by atoms with Crippen LogP contribution in [0.5, 0.6) is 0 Å². The highest BCUT2D eigenvalue weighted by Gasteiger charge is 2.01. The minimum absolute atomic E-state index is 0.165. The molecule has 0 saturated heterocycles. The van der Waals surface area contributed by atoms with Gasteiger partial charge in [-0.15, -0.1) is 0 Å². The first-order valence-corrected chi connectivity index (χ1v) is 4.49. The van der Waals surface area contributed by atoms with Crippen molar-refractivity contribution in [2.24, 2.45) is 0 Å². The number of hydrogen-bond donors (Lipinski definition) is 1. The summed E-state index contributed by atoms with van der Waals surface area (Å²) in [6.07, 6.45) is 0.165. The van der Waals surface area contributed by atoms with E-state index in [0.29, 0.717) is 5.75 Å². The van der Waals surface area contributed by atoms with Crippen molar-refractivity contribution in [3.63, 3.8) is 0 Å². The quantitative estimate of drug-likeness (QED) is 0.678. The Labute approximate surface area is 75.8 Å². The van der Waals surface area contributed by atoms with Crippen LogP contribution >= 0.6 is 24.0 Å². The van der Waals surface area contributed by atoms with E-state index in [4.69, 9.17) is 17.3 Å². The van der Waals surface area contributed by atoms with Crippen molar-refractivity contribution in [2.45, 2.75) is 6.42 Å². The molecule has 0 aliphatic rings. The van der Waals surface area contributed by atoms with Gasteiger partial charge in [-0.25, -0.2) is 0 Å². The fourth-order valence-corrected chi connectivity index (χ4v) is 1.31. The van der Waals surface area contributed by atoms with Crippen molar-refractivity contribution >= 4 is 34.3 Å². The van der Waals surface area contributed by atoms with Gasteiger partial charge >= 0.3 is 5.97 Å². The van der Waals surface area contributed by atoms with Crippen LogP contribution in [0.15, 0.2) is 0 Å². The van der Waals surface area contributed by atoms with Crippen molar-refractivity contribution in [2.75, 3.05) is 19.8 Å². The summed E-state index contributed by atoms with van der Waals surface area (Å²) < 4.78 is 0.728. The van der Waals surface area contributed by atoms with Crippen molar-refractivity contribution in [1.82, 2.24) is 4.90 Å². The summed E-state index contributed by atoms with van der Waals surface area (Å²) >= 11 is 6.32. The number of nitrogens with zero attached hydrogens (tertiary/aromatic N) is 1. The Morgan fingerprint density at radius 1 is 1.64 bits per heavy atom. The number of rotatable bonds is 3. The normalized spacial score (nSPS) is 9.27. The summed E-state index contributed by atoms with van der Waals surface area (Å²) in [5, 5.41) is 8.29. The number of carboxylic acid groups (broad SMARTS) is 1. The molecule has 3 nitrogen and oxygen atoms in total. The summed E-state index contributed by atoms with van der Waals surface area (Å²) in [5.74, 6) is -0.231. The first-order valence-electron chi connectivity index (χ1n) is 3.10. The number of carboxylic acids is 1. The Morgan fingerprint density at radius 2 is 2.18 bits per heavy atom. The smallest absolute Gasteiger partial charge is 0.304 e. The molecular formula is C6H11NO2S2. The van der Waals surface area contributed by atoms with Gasteiger partial charge in [-0.3, -0.25) is 4.79 Å². The second kappa shape index (κ2) is 5.37. The molecule has 64 valence electrons. The molecule has 0 spiro atoms. The zero-order valence-electron chi connectivity index (χ0n) is 6.53. The van der Waals surface area contributed by atoms with Crippen LogP contribution in [0.2, 0.25) is 0 Å². The van der Waals surface area contributed by atoms with Gasteiger partial charge in [0.05, 0.1) is 6.42 Å². The average molecular weight is 193 g/mol. The topological polar surface area (TPSA) is 40.5 Å². The molecule has 5 heteroatoms. The molecule has 0 heterocycles. The van der Waals surface area contributed by atoms with Gasteiger partial charge in [-0.05, 0) is 0 Å². The molecule has 0 aromatic rings. The molecule has 0 aliphatic heterocycles. The summed E-state index contributed by atoms with van der Waals surface area (Å²) in [4.78, 5) is 11.9. The van der Waals surface area contributed by atoms with Crippen molar-refractivity contribution in [3.05, 3.63) is 0 Å². The Kier molecular flexibility index (Phi) is 5.23. The average Bonchev–Trinajstić information content (AvgIpc) is 1.86. The molecule has 0 radical (unpaired) electrons. The van der Waals surface area contributed by atoms with Crippen molar-refractivity contribution in [1.29, 1.82) is 0 Å². The maximum absolute atomic E-state index is 10.1. The van der Waals surface area contributed by atoms with Crippen LogP contribution < -0.4 is 0 Å². The minimum Gasteiger partial charge on any atom is -0.481 e. The number of thioether (sulfide) groups is 1. The molecule has 0 fully saturated rings. The highest BCUT2D eigenvalue weighted by Crippen LogP contribution is 2.07. The zero-order valence-corrected chi connectivity index (χ0v) is 8.17. The van der Waals surface area contributed by atoms with Gasteiger partial charge in [0.25, 0.3) is 0 Å². The highest BCUT2D eigenvalue weighted by molar-refractivity contribution is 8.22. The summed E-state index contributed by atoms with van der Waals surface area (Å²) in [6.45, 7) is 0. The third-order valence-electron chi connectivity index (χ3n) is 0.907. The summed E-state index contributed by atoms with van der Waals surface area (Å²) in [5.41, 5.74) is 0. The fourth-order valence-electron chi connectivity index (χ4n) is 0.355. The third kappa shape index (κ3) is 6.12. The molecule has 0 saturated carbocycles. The summed E-state index contributed by atoms with van der Waals surface area (Å²) in [7, 11) is 3.69. The van der Waals surface area contributed by atoms with Gasteiger partial charge in [-0.1, -0.05) is 24.0 Å². The third-order valence-corrected chi connectivity index (χ3v) is 2.65. The lowest BCUT2D eigenvalue weighted by Crippen LogP contribution is -2.16. The van der Waals surface area contributed by atoms with Gasteiger partial charge in [0.1, 0.15) is 4.32 Å². The minimum atomic E-state index is -0.779. The van der Waals surface area contributed by atoms with Crippen LogP contribution in [0, 0.1) is 0 Å². The molecule has 0 aliphatic carbocycles. The first-order chi connectivity index (χ1) is 5.04. The Hall–Kier alpha value is -0.290. The van der Waals surface area contributed by atoms with E-state index in [9.17, 15) is 4.79 Å². The maximum Gasteiger partial charge on any atom is 0.304 e. The molecule has 0 rings (SSSR count). The van der Waals surface area contributed by atoms with E-state index < -0.39 is 5.97 Å². The lowest BCUT2D eigenvalue weighted by atomic mass is 10.5. The van der Waals surface area contributed by atoms with Crippen LogP contribution in [0.25, 0.3) is 0 Å². The van der Waals surface area contributed by atoms with E-state index in [2.05, 4.69) is 0 Å². The van der Waals surface area contributed by atoms with Crippen molar-refractivity contribution in [3.8, 4) is 0 Å². The second-order valence-corrected chi connectivity index (χ2v) is 3.88. The standard InChI is InChI=1S/C6H11NO2S2/c1-7(2)6(10)11-4-3-5(8)9/h3-4H2,1-2H3,(H,8,9). The van der Waals surface area contributed by atoms with Gasteiger partial charge < -0.3 is 10.0 Å². The molecule has 0 atom stereocenters. The van der Waals surface area contributed by atoms with E-state index in [1.165, 1.54) is 11.8 Å². The zero-order chi connectivity index (χ0) is 8.85. The predicted molar refractivity (Wildman–Crippen MR) is 51.0 cm³/mol. The monoisotopic (exact) mass is 193 g/mol. The van der Waals surface area contributed by atoms with Crippen LogP contribution in [-0.2, 0) is 4.79 Å². The number of carbonyl (C=O) groups is 1. The Bertz CT molecular complexity index is 159. The van der Waals surface area contributed by atoms with Gasteiger partial charge in [0, 0.05) is 19.8 Å². The largest absolute Gasteiger partial charge is 0.481 e. The molecule has 0 aromatic carbocycles. The Morgan fingerprint density at radius 3 is 2.55 bits per heavy atom. The molecule has 1 N–H and O–H groups in total. The molecule has 0 bridgehead atoms. The molecule has 0 aromatic heterocycles. The van der Waals surface area contributed by atoms with Gasteiger partial charge in [0.2, 0.25) is 0 Å². The Balaban J connectivity index is 3.39. The van der Waals surface area contributed by atoms with E-state index in [0.717, 1.165) is 4.32 Å². The maximum atomic E-state index is 10.1. The number of thiocarbonyl (C=S) groups is 1. The van der Waals surface area contributed by atoms with Crippen LogP contribution in [-0.4, -0.2) is 40.1 Å². The predicted octanol–water partition coefficient (Wildman–Crippen LogP) is 1.04. The first kappa shape index (κ1) is 10.7. The SMILES string of the molecule is CN(C)C(=S)SCCC(=O)O. The fraction of sp³-hybridized carbons (Fsp3) is 0.667. The molecule has 0 unspecified atom stereocenters. The van der Waals surface area contributed by atoms with Crippen LogP contribution in [0.3, 0.4) is 0 Å². The van der Waals surface area contributed by atoms with Crippen LogP contribution in [0.4, 0.5) is 0 Å². The summed E-state index contributed by atoms with van der Waals surface area (Å²) in [6, 6.07) is 0.